The van der Waals surface area contributed by atoms with E-state index >= 15 is 0 Å². The Bertz CT molecular complexity index is 1140. The molecule has 1 saturated heterocycles. The van der Waals surface area contributed by atoms with E-state index in [1.165, 1.54) is 0 Å². The van der Waals surface area contributed by atoms with Crippen LogP contribution in [0.25, 0.3) is 0 Å². The van der Waals surface area contributed by atoms with Gasteiger partial charge in [-0.1, -0.05) is 41.9 Å². The number of carbonyl (C=O) groups excluding carboxylic acids is 3. The molecule has 34 heavy (non-hydrogen) atoms. The molecule has 0 N–H and O–H groups in total. The molecule has 4 rings (SSSR count). The number of halogens is 1. The van der Waals surface area contributed by atoms with Crippen molar-refractivity contribution in [2.24, 2.45) is 0 Å². The molecule has 1 unspecified atom stereocenters. The summed E-state index contributed by atoms with van der Waals surface area (Å²) in [6, 6.07) is 14.6. The molecule has 1 atom stereocenters. The lowest BCUT2D eigenvalue weighted by atomic mass is 9.83. The summed E-state index contributed by atoms with van der Waals surface area (Å²) in [5, 5.41) is 0.511. The molecule has 178 valence electrons. The minimum absolute atomic E-state index is 0.0163. The Morgan fingerprint density at radius 1 is 1.09 bits per heavy atom. The molecule has 2 aromatic rings. The van der Waals surface area contributed by atoms with Gasteiger partial charge in [0.15, 0.2) is 0 Å². The van der Waals surface area contributed by atoms with Crippen LogP contribution in [0.2, 0.25) is 5.02 Å². The highest BCUT2D eigenvalue weighted by atomic mass is 35.5. The largest absolute Gasteiger partial charge is 0.463 e. The first-order valence-corrected chi connectivity index (χ1v) is 12.1. The highest BCUT2D eigenvalue weighted by Gasteiger charge is 2.37. The summed E-state index contributed by atoms with van der Waals surface area (Å²) in [7, 11) is 0. The molecule has 0 bridgehead atoms. The summed E-state index contributed by atoms with van der Waals surface area (Å²) in [6.45, 7) is 5.59. The van der Waals surface area contributed by atoms with Crippen molar-refractivity contribution in [3.8, 4) is 0 Å². The van der Waals surface area contributed by atoms with Gasteiger partial charge in [0.1, 0.15) is 0 Å². The van der Waals surface area contributed by atoms with Crippen LogP contribution < -0.4 is 0 Å². The molecular formula is C27H29ClN2O4. The number of nitrogens with zero attached hydrogens (tertiary/aromatic N) is 2. The van der Waals surface area contributed by atoms with Crippen molar-refractivity contribution < 1.29 is 19.1 Å². The smallest absolute Gasteiger partial charge is 0.336 e. The molecule has 2 aliphatic rings. The number of allylic oxidation sites excluding steroid dienone is 1. The molecule has 6 nitrogen and oxygen atoms in total. The molecule has 0 radical (unpaired) electrons. The Morgan fingerprint density at radius 3 is 2.53 bits per heavy atom. The molecule has 0 saturated carbocycles. The highest BCUT2D eigenvalue weighted by Crippen LogP contribution is 2.40. The van der Waals surface area contributed by atoms with Crippen LogP contribution >= 0.6 is 11.6 Å². The third-order valence-corrected chi connectivity index (χ3v) is 6.85. The van der Waals surface area contributed by atoms with Crippen LogP contribution in [0, 0.1) is 0 Å². The molecular weight excluding hydrogens is 452 g/mol. The maximum atomic E-state index is 13.3. The maximum absolute atomic E-state index is 13.3. The van der Waals surface area contributed by atoms with Gasteiger partial charge in [0, 0.05) is 41.7 Å². The first kappa shape index (κ1) is 24.0. The minimum Gasteiger partial charge on any atom is -0.463 e. The SMILES string of the molecule is CCOC(=O)C1=C(C)N(Cc2cccc(C(=O)N3CCCC3)c2)C(=O)CC1c1ccccc1Cl. The van der Waals surface area contributed by atoms with Crippen LogP contribution in [0.5, 0.6) is 0 Å². The Labute approximate surface area is 205 Å². The molecule has 2 aromatic carbocycles. The van der Waals surface area contributed by atoms with Crippen molar-refractivity contribution in [3.05, 3.63) is 81.5 Å². The number of likely N-dealkylation sites (tertiary alicyclic amines) is 1. The van der Waals surface area contributed by atoms with Gasteiger partial charge in [0.25, 0.3) is 5.91 Å². The van der Waals surface area contributed by atoms with E-state index in [9.17, 15) is 14.4 Å². The van der Waals surface area contributed by atoms with Crippen LogP contribution in [-0.2, 0) is 20.9 Å². The topological polar surface area (TPSA) is 66.9 Å². The fourth-order valence-corrected chi connectivity index (χ4v) is 5.06. The van der Waals surface area contributed by atoms with Gasteiger partial charge >= 0.3 is 5.97 Å². The average Bonchev–Trinajstić information content (AvgIpc) is 3.36. The second kappa shape index (κ2) is 10.4. The number of amides is 2. The first-order chi connectivity index (χ1) is 16.4. The number of rotatable bonds is 6. The Morgan fingerprint density at radius 2 is 1.82 bits per heavy atom. The van der Waals surface area contributed by atoms with Gasteiger partial charge in [-0.2, -0.15) is 0 Å². The van der Waals surface area contributed by atoms with E-state index in [1.807, 2.05) is 47.4 Å². The van der Waals surface area contributed by atoms with Gasteiger partial charge < -0.3 is 14.5 Å². The number of ether oxygens (including phenoxy) is 1. The van der Waals surface area contributed by atoms with Gasteiger partial charge in [-0.25, -0.2) is 4.79 Å². The van der Waals surface area contributed by atoms with Crippen LogP contribution in [0.15, 0.2) is 59.8 Å². The zero-order valence-electron chi connectivity index (χ0n) is 19.6. The number of carbonyl (C=O) groups is 3. The average molecular weight is 481 g/mol. The molecule has 7 heteroatoms. The van der Waals surface area contributed by atoms with Crippen molar-refractivity contribution >= 4 is 29.4 Å². The summed E-state index contributed by atoms with van der Waals surface area (Å²) in [5.41, 5.74) is 3.18. The minimum atomic E-state index is -0.473. The molecule has 2 amide bonds. The second-order valence-corrected chi connectivity index (χ2v) is 9.08. The fraction of sp³-hybridized carbons (Fsp3) is 0.370. The van der Waals surface area contributed by atoms with E-state index in [1.54, 1.807) is 24.8 Å². The molecule has 2 heterocycles. The van der Waals surface area contributed by atoms with Gasteiger partial charge in [0.05, 0.1) is 18.7 Å². The van der Waals surface area contributed by atoms with Gasteiger partial charge in [-0.3, -0.25) is 9.59 Å². The molecule has 1 fully saturated rings. The molecule has 2 aliphatic heterocycles. The Kier molecular flexibility index (Phi) is 7.37. The predicted octanol–water partition coefficient (Wildman–Crippen LogP) is 4.93. The van der Waals surface area contributed by atoms with E-state index in [4.69, 9.17) is 16.3 Å². The van der Waals surface area contributed by atoms with E-state index in [0.717, 1.165) is 37.1 Å². The van der Waals surface area contributed by atoms with E-state index < -0.39 is 11.9 Å². The zero-order chi connectivity index (χ0) is 24.2. The lowest BCUT2D eigenvalue weighted by Crippen LogP contribution is -2.38. The number of hydrogen-bond acceptors (Lipinski definition) is 4. The second-order valence-electron chi connectivity index (χ2n) is 8.68. The van der Waals surface area contributed by atoms with Gasteiger partial charge in [-0.05, 0) is 56.0 Å². The van der Waals surface area contributed by atoms with Gasteiger partial charge in [0.2, 0.25) is 5.91 Å². The van der Waals surface area contributed by atoms with Crippen molar-refractivity contribution in [2.45, 2.75) is 45.6 Å². The molecule has 0 spiro atoms. The van der Waals surface area contributed by atoms with Gasteiger partial charge in [-0.15, -0.1) is 0 Å². The van der Waals surface area contributed by atoms with E-state index in [2.05, 4.69) is 0 Å². The quantitative estimate of drug-likeness (QED) is 0.550. The van der Waals surface area contributed by atoms with Crippen LogP contribution in [0.1, 0.15) is 60.5 Å². The van der Waals surface area contributed by atoms with E-state index in [-0.39, 0.29) is 31.4 Å². The van der Waals surface area contributed by atoms with Crippen molar-refractivity contribution in [1.82, 2.24) is 9.80 Å². The zero-order valence-corrected chi connectivity index (χ0v) is 20.3. The third-order valence-electron chi connectivity index (χ3n) is 6.51. The Balaban J connectivity index is 1.66. The highest BCUT2D eigenvalue weighted by molar-refractivity contribution is 6.31. The van der Waals surface area contributed by atoms with Crippen LogP contribution in [-0.4, -0.2) is 47.3 Å². The summed E-state index contributed by atoms with van der Waals surface area (Å²) in [6.07, 6.45) is 2.17. The first-order valence-electron chi connectivity index (χ1n) is 11.7. The molecule has 0 aliphatic carbocycles. The number of esters is 1. The molecule has 0 aromatic heterocycles. The van der Waals surface area contributed by atoms with Crippen molar-refractivity contribution in [3.63, 3.8) is 0 Å². The van der Waals surface area contributed by atoms with Crippen molar-refractivity contribution in [2.75, 3.05) is 19.7 Å². The summed E-state index contributed by atoms with van der Waals surface area (Å²) in [5.74, 6) is -1.01. The standard InChI is InChI=1S/C27H29ClN2O4/c1-3-34-27(33)25-18(2)30(24(31)16-22(25)21-11-4-5-12-23(21)28)17-19-9-8-10-20(15-19)26(32)29-13-6-7-14-29/h4-5,8-12,15,22H,3,6-7,13-14,16-17H2,1-2H3. The van der Waals surface area contributed by atoms with Crippen molar-refractivity contribution in [1.29, 1.82) is 0 Å². The van der Waals surface area contributed by atoms with Crippen LogP contribution in [0.4, 0.5) is 0 Å². The summed E-state index contributed by atoms with van der Waals surface area (Å²) in [4.78, 5) is 42.6. The summed E-state index contributed by atoms with van der Waals surface area (Å²) >= 11 is 6.43. The normalized spacial score (nSPS) is 18.4. The predicted molar refractivity (Wildman–Crippen MR) is 130 cm³/mol. The number of hydrogen-bond donors (Lipinski definition) is 0. The van der Waals surface area contributed by atoms with E-state index in [0.29, 0.717) is 21.9 Å². The number of benzene rings is 2. The van der Waals surface area contributed by atoms with Crippen LogP contribution in [0.3, 0.4) is 0 Å². The lowest BCUT2D eigenvalue weighted by Gasteiger charge is -2.35. The monoisotopic (exact) mass is 480 g/mol. The maximum Gasteiger partial charge on any atom is 0.336 e. The fourth-order valence-electron chi connectivity index (χ4n) is 4.79. The lowest BCUT2D eigenvalue weighted by molar-refractivity contribution is -0.140. The Hall–Kier alpha value is -3.12. The summed E-state index contributed by atoms with van der Waals surface area (Å²) < 4.78 is 5.36. The third kappa shape index (κ3) is 4.87.